The van der Waals surface area contributed by atoms with Crippen molar-refractivity contribution in [2.45, 2.75) is 31.8 Å². The molecule has 0 aliphatic heterocycles. The number of hydrogen-bond acceptors (Lipinski definition) is 4. The van der Waals surface area contributed by atoms with Crippen LogP contribution in [0.15, 0.2) is 6.20 Å². The number of nitrogens with zero attached hydrogens (tertiary/aromatic N) is 2. The topological polar surface area (TPSA) is 51.8 Å². The first-order chi connectivity index (χ1) is 7.99. The van der Waals surface area contributed by atoms with Crippen LogP contribution in [0, 0.1) is 0 Å². The quantitative estimate of drug-likeness (QED) is 0.831. The van der Waals surface area contributed by atoms with Crippen LogP contribution in [0.25, 0.3) is 0 Å². The van der Waals surface area contributed by atoms with Gasteiger partial charge >= 0.3 is 6.18 Å². The minimum atomic E-state index is -4.47. The highest BCUT2D eigenvalue weighted by Gasteiger charge is 2.35. The minimum Gasteiger partial charge on any atom is -0.326 e. The molecule has 96 valence electrons. The zero-order chi connectivity index (χ0) is 12.9. The van der Waals surface area contributed by atoms with E-state index in [0.29, 0.717) is 5.75 Å². The third kappa shape index (κ3) is 4.16. The lowest BCUT2D eigenvalue weighted by molar-refractivity contribution is -0.142. The molecule has 3 nitrogen and oxygen atoms in total. The Hall–Kier alpha value is -0.820. The molecule has 7 heteroatoms. The molecule has 1 rings (SSSR count). The molecule has 0 aromatic carbocycles. The Morgan fingerprint density at radius 1 is 1.41 bits per heavy atom. The maximum atomic E-state index is 12.7. The molecule has 0 radical (unpaired) electrons. The molecule has 0 atom stereocenters. The normalized spacial score (nSPS) is 11.8. The highest BCUT2D eigenvalue weighted by atomic mass is 32.2. The maximum absolute atomic E-state index is 12.7. The predicted octanol–water partition coefficient (Wildman–Crippen LogP) is 2.60. The average molecular weight is 265 g/mol. The molecule has 0 fully saturated rings. The molecule has 17 heavy (non-hydrogen) atoms. The first-order valence-corrected chi connectivity index (χ1v) is 6.34. The van der Waals surface area contributed by atoms with Gasteiger partial charge in [-0.2, -0.15) is 24.9 Å². The zero-order valence-corrected chi connectivity index (χ0v) is 10.2. The van der Waals surface area contributed by atoms with E-state index in [4.69, 9.17) is 5.73 Å². The number of aromatic nitrogens is 2. The van der Waals surface area contributed by atoms with Gasteiger partial charge in [0.05, 0.1) is 5.75 Å². The summed E-state index contributed by atoms with van der Waals surface area (Å²) in [5.74, 6) is 1.47. The van der Waals surface area contributed by atoms with E-state index in [2.05, 4.69) is 9.97 Å². The van der Waals surface area contributed by atoms with Crippen molar-refractivity contribution >= 4 is 11.8 Å². The van der Waals surface area contributed by atoms with Crippen LogP contribution in [0.2, 0.25) is 0 Å². The molecule has 0 amide bonds. The number of hydrogen-bond donors (Lipinski definition) is 1. The first-order valence-electron chi connectivity index (χ1n) is 5.18. The van der Waals surface area contributed by atoms with E-state index in [0.717, 1.165) is 18.4 Å². The van der Waals surface area contributed by atoms with Gasteiger partial charge in [0.25, 0.3) is 0 Å². The molecule has 0 unspecified atom stereocenters. The third-order valence-corrected chi connectivity index (χ3v) is 3.14. The van der Waals surface area contributed by atoms with Crippen molar-refractivity contribution in [3.63, 3.8) is 0 Å². The summed E-state index contributed by atoms with van der Waals surface area (Å²) in [7, 11) is 0. The summed E-state index contributed by atoms with van der Waals surface area (Å²) in [6.07, 6.45) is -2.34. The monoisotopic (exact) mass is 265 g/mol. The van der Waals surface area contributed by atoms with Crippen LogP contribution in [0.1, 0.15) is 30.4 Å². The molecule has 1 aromatic rings. The van der Waals surface area contributed by atoms with Gasteiger partial charge in [0, 0.05) is 18.3 Å². The van der Waals surface area contributed by atoms with Crippen molar-refractivity contribution in [2.75, 3.05) is 5.75 Å². The van der Waals surface area contributed by atoms with Gasteiger partial charge in [-0.15, -0.1) is 0 Å². The predicted molar refractivity (Wildman–Crippen MR) is 61.4 cm³/mol. The van der Waals surface area contributed by atoms with Gasteiger partial charge < -0.3 is 5.73 Å². The molecular formula is C10H14F3N3S. The van der Waals surface area contributed by atoms with Crippen LogP contribution in [-0.4, -0.2) is 15.7 Å². The van der Waals surface area contributed by atoms with Gasteiger partial charge in [-0.1, -0.05) is 6.92 Å². The van der Waals surface area contributed by atoms with Crippen molar-refractivity contribution in [1.82, 2.24) is 9.97 Å². The van der Waals surface area contributed by atoms with E-state index in [-0.39, 0.29) is 17.9 Å². The molecule has 1 heterocycles. The van der Waals surface area contributed by atoms with Crippen LogP contribution in [0.3, 0.4) is 0 Å². The Morgan fingerprint density at radius 2 is 2.12 bits per heavy atom. The van der Waals surface area contributed by atoms with Crippen LogP contribution in [-0.2, 0) is 18.5 Å². The second-order valence-electron chi connectivity index (χ2n) is 3.41. The van der Waals surface area contributed by atoms with Crippen LogP contribution in [0.4, 0.5) is 13.2 Å². The van der Waals surface area contributed by atoms with E-state index >= 15 is 0 Å². The number of nitrogens with two attached hydrogens (primary N) is 1. The summed E-state index contributed by atoms with van der Waals surface area (Å²) in [6.45, 7) is 1.80. The van der Waals surface area contributed by atoms with Crippen LogP contribution < -0.4 is 5.73 Å². The second-order valence-corrected chi connectivity index (χ2v) is 4.52. The summed E-state index contributed by atoms with van der Waals surface area (Å²) in [6, 6.07) is 0. The third-order valence-electron chi connectivity index (χ3n) is 1.98. The van der Waals surface area contributed by atoms with Crippen molar-refractivity contribution in [1.29, 1.82) is 0 Å². The van der Waals surface area contributed by atoms with Crippen LogP contribution in [0.5, 0.6) is 0 Å². The molecule has 0 aliphatic carbocycles. The highest BCUT2D eigenvalue weighted by molar-refractivity contribution is 7.98. The Labute approximate surface area is 102 Å². The second kappa shape index (κ2) is 6.20. The van der Waals surface area contributed by atoms with Crippen molar-refractivity contribution in [2.24, 2.45) is 5.73 Å². The van der Waals surface area contributed by atoms with E-state index in [9.17, 15) is 13.2 Å². The highest BCUT2D eigenvalue weighted by Crippen LogP contribution is 2.30. The van der Waals surface area contributed by atoms with Crippen molar-refractivity contribution in [3.8, 4) is 0 Å². The molecule has 0 saturated carbocycles. The lowest BCUT2D eigenvalue weighted by Gasteiger charge is -2.11. The molecule has 0 saturated heterocycles. The summed E-state index contributed by atoms with van der Waals surface area (Å²) < 4.78 is 38.0. The standard InChI is InChI=1S/C10H14F3N3S/c1-2-3-17-6-8-15-5-7(4-14)9(16-8)10(11,12)13/h5H,2-4,6,14H2,1H3. The van der Waals surface area contributed by atoms with Gasteiger partial charge in [-0.05, 0) is 12.2 Å². The van der Waals surface area contributed by atoms with Gasteiger partial charge in [0.15, 0.2) is 5.69 Å². The van der Waals surface area contributed by atoms with Gasteiger partial charge in [0.1, 0.15) is 5.82 Å². The summed E-state index contributed by atoms with van der Waals surface area (Å²) in [4.78, 5) is 7.43. The molecule has 1 aromatic heterocycles. The Morgan fingerprint density at radius 3 is 2.65 bits per heavy atom. The van der Waals surface area contributed by atoms with Crippen LogP contribution >= 0.6 is 11.8 Å². The number of rotatable bonds is 5. The minimum absolute atomic E-state index is 0.0678. The Kier molecular flexibility index (Phi) is 5.20. The van der Waals surface area contributed by atoms with E-state index in [1.807, 2.05) is 6.92 Å². The summed E-state index contributed by atoms with van der Waals surface area (Å²) in [5, 5.41) is 0. The van der Waals surface area contributed by atoms with E-state index in [1.165, 1.54) is 11.8 Å². The molecule has 0 spiro atoms. The average Bonchev–Trinajstić information content (AvgIpc) is 2.28. The number of alkyl halides is 3. The number of halogens is 3. The van der Waals surface area contributed by atoms with Crippen molar-refractivity contribution in [3.05, 3.63) is 23.3 Å². The fourth-order valence-electron chi connectivity index (χ4n) is 1.22. The zero-order valence-electron chi connectivity index (χ0n) is 9.42. The fraction of sp³-hybridized carbons (Fsp3) is 0.600. The SMILES string of the molecule is CCCSCc1ncc(CN)c(C(F)(F)F)n1. The largest absolute Gasteiger partial charge is 0.433 e. The van der Waals surface area contributed by atoms with E-state index in [1.54, 1.807) is 0 Å². The summed E-state index contributed by atoms with van der Waals surface area (Å²) >= 11 is 1.52. The Balaban J connectivity index is 2.89. The molecule has 0 bridgehead atoms. The lowest BCUT2D eigenvalue weighted by Crippen LogP contribution is -2.16. The van der Waals surface area contributed by atoms with Gasteiger partial charge in [-0.25, -0.2) is 9.97 Å². The van der Waals surface area contributed by atoms with Gasteiger partial charge in [0.2, 0.25) is 0 Å². The lowest BCUT2D eigenvalue weighted by atomic mass is 10.2. The maximum Gasteiger partial charge on any atom is 0.433 e. The molecular weight excluding hydrogens is 251 g/mol. The first kappa shape index (κ1) is 14.2. The smallest absolute Gasteiger partial charge is 0.326 e. The van der Waals surface area contributed by atoms with Gasteiger partial charge in [-0.3, -0.25) is 0 Å². The molecule has 0 aliphatic rings. The number of thioether (sulfide) groups is 1. The molecule has 2 N–H and O–H groups in total. The Bertz CT molecular complexity index is 368. The summed E-state index contributed by atoms with van der Waals surface area (Å²) in [5.41, 5.74) is 4.25. The van der Waals surface area contributed by atoms with E-state index < -0.39 is 11.9 Å². The fourth-order valence-corrected chi connectivity index (χ4v) is 1.97. The van der Waals surface area contributed by atoms with Crippen molar-refractivity contribution < 1.29 is 13.2 Å².